The molecule has 0 radical (unpaired) electrons. The van der Waals surface area contributed by atoms with Crippen molar-refractivity contribution in [1.29, 1.82) is 0 Å². The average molecular weight is 491 g/mol. The molecule has 184 valence electrons. The second-order valence-electron chi connectivity index (χ2n) is 8.90. The number of hydroxylamine groups is 1. The lowest BCUT2D eigenvalue weighted by Gasteiger charge is -2.26. The van der Waals surface area contributed by atoms with E-state index in [4.69, 9.17) is 10.0 Å². The maximum absolute atomic E-state index is 12.2. The topological polar surface area (TPSA) is 146 Å². The van der Waals surface area contributed by atoms with Gasteiger partial charge in [-0.3, -0.25) is 10.0 Å². The Kier molecular flexibility index (Phi) is 7.77. The third kappa shape index (κ3) is 5.64. The van der Waals surface area contributed by atoms with Gasteiger partial charge in [0.25, 0.3) is 5.91 Å². The summed E-state index contributed by atoms with van der Waals surface area (Å²) in [5, 5.41) is 32.3. The Balaban J connectivity index is 1.66. The molecule has 34 heavy (non-hydrogen) atoms. The van der Waals surface area contributed by atoms with Gasteiger partial charge < -0.3 is 15.1 Å². The van der Waals surface area contributed by atoms with Crippen LogP contribution >= 0.6 is 0 Å². The summed E-state index contributed by atoms with van der Waals surface area (Å²) in [5.41, 5.74) is 5.78. The van der Waals surface area contributed by atoms with E-state index in [2.05, 4.69) is 5.16 Å². The lowest BCUT2D eigenvalue weighted by atomic mass is 9.95. The number of amides is 1. The van der Waals surface area contributed by atoms with Crippen molar-refractivity contribution in [3.63, 3.8) is 0 Å². The van der Waals surface area contributed by atoms with Gasteiger partial charge in [0.1, 0.15) is 6.10 Å². The first-order chi connectivity index (χ1) is 15.9. The molecule has 0 spiro atoms. The van der Waals surface area contributed by atoms with E-state index >= 15 is 0 Å². The monoisotopic (exact) mass is 490 g/mol. The first-order valence-electron chi connectivity index (χ1n) is 10.9. The first-order valence-corrected chi connectivity index (χ1v) is 12.8. The molecule has 0 saturated heterocycles. The van der Waals surface area contributed by atoms with Crippen LogP contribution in [0.4, 0.5) is 0 Å². The van der Waals surface area contributed by atoms with Crippen molar-refractivity contribution in [2.24, 2.45) is 5.16 Å². The second-order valence-corrected chi connectivity index (χ2v) is 11.3. The van der Waals surface area contributed by atoms with E-state index in [1.165, 1.54) is 12.4 Å². The minimum Gasteiger partial charge on any atom is -0.392 e. The van der Waals surface area contributed by atoms with Gasteiger partial charge in [-0.2, -0.15) is 0 Å². The van der Waals surface area contributed by atoms with E-state index in [1.54, 1.807) is 6.92 Å². The van der Waals surface area contributed by atoms with E-state index in [1.807, 2.05) is 48.5 Å². The second kappa shape index (κ2) is 10.2. The van der Waals surface area contributed by atoms with Crippen LogP contribution in [0.25, 0.3) is 11.1 Å². The van der Waals surface area contributed by atoms with Crippen molar-refractivity contribution in [1.82, 2.24) is 5.48 Å². The molecule has 1 aliphatic rings. The smallest absolute Gasteiger partial charge is 0.264 e. The number of nitrogens with one attached hydrogen (secondary N) is 1. The summed E-state index contributed by atoms with van der Waals surface area (Å²) in [4.78, 5) is 17.4. The highest BCUT2D eigenvalue weighted by Crippen LogP contribution is 2.30. The van der Waals surface area contributed by atoms with Crippen molar-refractivity contribution in [3.05, 3.63) is 59.7 Å². The number of aliphatic hydroxyl groups is 2. The number of carbonyl (C=O) groups excluding carboxylic acids is 1. The standard InChI is InChI=1S/C24H30N2O7S/c1-15(27)22(28)12-16-4-6-17(7-5-16)18-8-10-19(11-9-18)21-13-20(33-26-21)14-24(2,23(29)25-30)34(3,31)32/h4-11,15,20,22,27-28,30H,12-14H2,1-3H3,(H,25,29). The van der Waals surface area contributed by atoms with Gasteiger partial charge in [-0.05, 0) is 36.1 Å². The normalized spacial score (nSPS) is 19.5. The average Bonchev–Trinajstić information content (AvgIpc) is 3.26. The molecule has 0 aliphatic carbocycles. The molecule has 4 unspecified atom stereocenters. The van der Waals surface area contributed by atoms with Crippen LogP contribution in [0.3, 0.4) is 0 Å². The molecule has 0 aromatic heterocycles. The third-order valence-electron chi connectivity index (χ3n) is 6.26. The molecule has 1 amide bonds. The molecule has 4 N–H and O–H groups in total. The molecule has 4 atom stereocenters. The maximum atomic E-state index is 12.2. The largest absolute Gasteiger partial charge is 0.392 e. The van der Waals surface area contributed by atoms with Crippen LogP contribution in [0.1, 0.15) is 37.8 Å². The summed E-state index contributed by atoms with van der Waals surface area (Å²) in [7, 11) is -3.83. The van der Waals surface area contributed by atoms with Gasteiger partial charge in [-0.25, -0.2) is 13.9 Å². The Labute approximate surface area is 198 Å². The highest BCUT2D eigenvalue weighted by atomic mass is 32.2. The number of rotatable bonds is 9. The zero-order valence-corrected chi connectivity index (χ0v) is 20.1. The van der Waals surface area contributed by atoms with E-state index in [0.29, 0.717) is 18.6 Å². The van der Waals surface area contributed by atoms with Crippen molar-refractivity contribution in [2.75, 3.05) is 6.26 Å². The van der Waals surface area contributed by atoms with Crippen LogP contribution in [-0.2, 0) is 25.9 Å². The van der Waals surface area contributed by atoms with Crippen LogP contribution in [0, 0.1) is 0 Å². The SMILES string of the molecule is CC(O)C(O)Cc1ccc(-c2ccc(C3=NOC(CC(C)(C(=O)NO)S(C)(=O)=O)C3)cc2)cc1. The van der Waals surface area contributed by atoms with Crippen LogP contribution in [0.15, 0.2) is 53.7 Å². The minimum absolute atomic E-state index is 0.153. The zero-order valence-electron chi connectivity index (χ0n) is 19.3. The van der Waals surface area contributed by atoms with Gasteiger partial charge >= 0.3 is 0 Å². The minimum atomic E-state index is -3.83. The molecule has 0 bridgehead atoms. The molecule has 1 heterocycles. The Bertz CT molecular complexity index is 1140. The van der Waals surface area contributed by atoms with Crippen molar-refractivity contribution >= 4 is 21.5 Å². The van der Waals surface area contributed by atoms with Crippen molar-refractivity contribution in [2.45, 2.75) is 56.2 Å². The molecule has 3 rings (SSSR count). The molecular formula is C24H30N2O7S. The van der Waals surface area contributed by atoms with Crippen LogP contribution in [0.2, 0.25) is 0 Å². The predicted molar refractivity (Wildman–Crippen MR) is 127 cm³/mol. The number of oxime groups is 1. The molecule has 10 heteroatoms. The summed E-state index contributed by atoms with van der Waals surface area (Å²) in [6.07, 6.45) is -0.743. The Morgan fingerprint density at radius 3 is 2.15 bits per heavy atom. The quantitative estimate of drug-likeness (QED) is 0.310. The molecule has 9 nitrogen and oxygen atoms in total. The fourth-order valence-corrected chi connectivity index (χ4v) is 4.64. The fraction of sp³-hybridized carbons (Fsp3) is 0.417. The summed E-state index contributed by atoms with van der Waals surface area (Å²) >= 11 is 0. The summed E-state index contributed by atoms with van der Waals surface area (Å²) in [5.74, 6) is -1.01. The van der Waals surface area contributed by atoms with Gasteiger partial charge in [0.15, 0.2) is 14.6 Å². The molecule has 2 aromatic rings. The maximum Gasteiger partial charge on any atom is 0.264 e. The van der Waals surface area contributed by atoms with E-state index in [0.717, 1.165) is 28.5 Å². The number of benzene rings is 2. The first kappa shape index (κ1) is 25.8. The lowest BCUT2D eigenvalue weighted by molar-refractivity contribution is -0.132. The van der Waals surface area contributed by atoms with Gasteiger partial charge in [0.2, 0.25) is 0 Å². The predicted octanol–water partition coefficient (Wildman–Crippen LogP) is 1.83. The Morgan fingerprint density at radius 2 is 1.65 bits per heavy atom. The molecule has 0 fully saturated rings. The van der Waals surface area contributed by atoms with Gasteiger partial charge in [-0.1, -0.05) is 53.7 Å². The number of nitrogens with zero attached hydrogens (tertiary/aromatic N) is 1. The summed E-state index contributed by atoms with van der Waals surface area (Å²) in [6, 6.07) is 15.4. The molecule has 1 aliphatic heterocycles. The summed E-state index contributed by atoms with van der Waals surface area (Å²) in [6.45, 7) is 2.80. The number of hydrogen-bond donors (Lipinski definition) is 4. The molecule has 0 saturated carbocycles. The van der Waals surface area contributed by atoms with E-state index in [-0.39, 0.29) is 6.42 Å². The van der Waals surface area contributed by atoms with Crippen molar-refractivity contribution in [3.8, 4) is 11.1 Å². The Morgan fingerprint density at radius 1 is 1.12 bits per heavy atom. The molecular weight excluding hydrogens is 460 g/mol. The van der Waals surface area contributed by atoms with Crippen LogP contribution in [-0.4, -0.2) is 64.8 Å². The third-order valence-corrected chi connectivity index (χ3v) is 8.25. The van der Waals surface area contributed by atoms with Gasteiger partial charge in [-0.15, -0.1) is 0 Å². The summed E-state index contributed by atoms with van der Waals surface area (Å²) < 4.78 is 22.5. The number of carbonyl (C=O) groups is 1. The van der Waals surface area contributed by atoms with E-state index in [9.17, 15) is 23.4 Å². The Hall–Kier alpha value is -2.79. The highest BCUT2D eigenvalue weighted by Gasteiger charge is 2.47. The molecule has 2 aromatic carbocycles. The number of aliphatic hydroxyl groups excluding tert-OH is 2. The zero-order chi connectivity index (χ0) is 25.1. The van der Waals surface area contributed by atoms with Crippen LogP contribution in [0.5, 0.6) is 0 Å². The van der Waals surface area contributed by atoms with E-state index < -0.39 is 38.8 Å². The fourth-order valence-electron chi connectivity index (χ4n) is 3.77. The van der Waals surface area contributed by atoms with Crippen LogP contribution < -0.4 is 5.48 Å². The van der Waals surface area contributed by atoms with Crippen molar-refractivity contribution < 1.29 is 33.5 Å². The highest BCUT2D eigenvalue weighted by molar-refractivity contribution is 7.92. The van der Waals surface area contributed by atoms with Gasteiger partial charge in [0, 0.05) is 25.5 Å². The number of sulfone groups is 1. The van der Waals surface area contributed by atoms with Gasteiger partial charge in [0.05, 0.1) is 17.9 Å². The lowest BCUT2D eigenvalue weighted by Crippen LogP contribution is -2.51. The number of hydrogen-bond acceptors (Lipinski definition) is 8.